The largest absolute Gasteiger partial charge is 0.508 e. The highest BCUT2D eigenvalue weighted by atomic mass is 35.5. The van der Waals surface area contributed by atoms with Gasteiger partial charge in [0.25, 0.3) is 0 Å². The van der Waals surface area contributed by atoms with Crippen LogP contribution in [0.2, 0.25) is 5.02 Å². The van der Waals surface area contributed by atoms with Crippen LogP contribution in [0.5, 0.6) is 11.5 Å². The summed E-state index contributed by atoms with van der Waals surface area (Å²) >= 11 is 6.11. The van der Waals surface area contributed by atoms with Crippen LogP contribution in [0, 0.1) is 0 Å². The number of ether oxygens (including phenoxy) is 2. The zero-order valence-electron chi connectivity index (χ0n) is 18.3. The van der Waals surface area contributed by atoms with E-state index < -0.39 is 0 Å². The lowest BCUT2D eigenvalue weighted by Gasteiger charge is -2.13. The molecule has 0 saturated heterocycles. The van der Waals surface area contributed by atoms with E-state index in [1.165, 1.54) is 0 Å². The molecule has 5 rings (SSSR count). The Balaban J connectivity index is 1.41. The number of pyridine rings is 1. The molecule has 0 unspecified atom stereocenters. The number of hydrogen-bond donors (Lipinski definition) is 1. The zero-order chi connectivity index (χ0) is 23.5. The Morgan fingerprint density at radius 3 is 2.56 bits per heavy atom. The number of carbonyl (C=O) groups is 1. The second kappa shape index (κ2) is 9.57. The summed E-state index contributed by atoms with van der Waals surface area (Å²) in [5, 5.41) is 10.9. The van der Waals surface area contributed by atoms with E-state index in [1.807, 2.05) is 48.5 Å². The highest BCUT2D eigenvalue weighted by molar-refractivity contribution is 6.32. The van der Waals surface area contributed by atoms with Crippen molar-refractivity contribution < 1.29 is 19.4 Å². The average molecular weight is 472 g/mol. The third-order valence-electron chi connectivity index (χ3n) is 5.79. The number of benzene rings is 3. The minimum absolute atomic E-state index is 0.103. The minimum Gasteiger partial charge on any atom is -0.508 e. The lowest BCUT2D eigenvalue weighted by molar-refractivity contribution is 0.0451. The number of phenols is 1. The molecule has 0 saturated carbocycles. The molecule has 0 fully saturated rings. The van der Waals surface area contributed by atoms with Crippen molar-refractivity contribution in [2.24, 2.45) is 0 Å². The second-order valence-electron chi connectivity index (χ2n) is 8.01. The number of aromatic hydroxyl groups is 1. The Bertz CT molecular complexity index is 1400. The van der Waals surface area contributed by atoms with E-state index in [2.05, 4.69) is 6.08 Å². The van der Waals surface area contributed by atoms with Crippen LogP contribution in [0.4, 0.5) is 0 Å². The number of nitrogens with zero attached hydrogens (tertiary/aromatic N) is 1. The second-order valence-corrected chi connectivity index (χ2v) is 8.41. The van der Waals surface area contributed by atoms with Gasteiger partial charge < -0.3 is 14.6 Å². The van der Waals surface area contributed by atoms with Crippen LogP contribution in [0.1, 0.15) is 33.6 Å². The first-order valence-electron chi connectivity index (χ1n) is 11.1. The molecule has 0 bridgehead atoms. The molecule has 1 aromatic heterocycles. The van der Waals surface area contributed by atoms with Gasteiger partial charge in [0.15, 0.2) is 0 Å². The summed E-state index contributed by atoms with van der Waals surface area (Å²) in [7, 11) is 0. The fourth-order valence-electron chi connectivity index (χ4n) is 4.20. The van der Waals surface area contributed by atoms with E-state index in [0.717, 1.165) is 39.7 Å². The Kier molecular flexibility index (Phi) is 6.19. The molecule has 1 aliphatic rings. The minimum atomic E-state index is -0.386. The van der Waals surface area contributed by atoms with Crippen molar-refractivity contribution in [2.75, 3.05) is 13.2 Å². The first kappa shape index (κ1) is 22.0. The predicted octanol–water partition coefficient (Wildman–Crippen LogP) is 6.32. The molecule has 6 heteroatoms. The van der Waals surface area contributed by atoms with Crippen molar-refractivity contribution in [1.29, 1.82) is 0 Å². The first-order valence-corrected chi connectivity index (χ1v) is 11.4. The van der Waals surface area contributed by atoms with Crippen molar-refractivity contribution in [1.82, 2.24) is 4.98 Å². The van der Waals surface area contributed by atoms with Gasteiger partial charge in [0.1, 0.15) is 24.7 Å². The number of aromatic nitrogens is 1. The molecule has 1 N–H and O–H groups in total. The zero-order valence-corrected chi connectivity index (χ0v) is 19.1. The van der Waals surface area contributed by atoms with Crippen molar-refractivity contribution in [3.05, 3.63) is 100 Å². The average Bonchev–Trinajstić information content (AvgIpc) is 3.24. The highest BCUT2D eigenvalue weighted by Gasteiger charge is 2.27. The molecule has 0 atom stereocenters. The number of para-hydroxylation sites is 2. The Labute approximate surface area is 202 Å². The molecule has 1 heterocycles. The topological polar surface area (TPSA) is 68.7 Å². The predicted molar refractivity (Wildman–Crippen MR) is 133 cm³/mol. The standard InChI is InChI=1S/C28H22ClNO4/c29-23-6-2-4-8-25(23)33-15-16-34-28(32)26-21-5-1-3-7-24(21)30-27-19(11-14-22(26)27)17-18-9-12-20(31)13-10-18/h1-10,12-13,17,31H,11,14-16H2/b19-17+. The Morgan fingerprint density at radius 2 is 1.74 bits per heavy atom. The Morgan fingerprint density at radius 1 is 0.971 bits per heavy atom. The van der Waals surface area contributed by atoms with Gasteiger partial charge in [-0.1, -0.05) is 54.1 Å². The third kappa shape index (κ3) is 4.47. The SMILES string of the molecule is O=C(OCCOc1ccccc1Cl)c1c2c(nc3ccccc13)/C(=C/c1ccc(O)cc1)CC2. The number of carbonyl (C=O) groups excluding carboxylic acids is 1. The number of halogens is 1. The summed E-state index contributed by atoms with van der Waals surface area (Å²) in [6.45, 7) is 0.304. The smallest absolute Gasteiger partial charge is 0.339 e. The molecule has 0 aliphatic heterocycles. The van der Waals surface area contributed by atoms with Crippen LogP contribution < -0.4 is 4.74 Å². The summed E-state index contributed by atoms with van der Waals surface area (Å²) in [4.78, 5) is 18.1. The summed E-state index contributed by atoms with van der Waals surface area (Å²) in [5.74, 6) is 0.393. The number of esters is 1. The molecule has 0 radical (unpaired) electrons. The summed E-state index contributed by atoms with van der Waals surface area (Å²) in [5.41, 5.74) is 5.07. The molecule has 5 nitrogen and oxygen atoms in total. The van der Waals surface area contributed by atoms with E-state index >= 15 is 0 Å². The summed E-state index contributed by atoms with van der Waals surface area (Å²) < 4.78 is 11.3. The number of rotatable bonds is 6. The maximum atomic E-state index is 13.2. The van der Waals surface area contributed by atoms with Gasteiger partial charge >= 0.3 is 5.97 Å². The number of phenolic OH excluding ortho intramolecular Hbond substituents is 1. The lowest BCUT2D eigenvalue weighted by atomic mass is 10.0. The molecular formula is C28H22ClNO4. The van der Waals surface area contributed by atoms with Gasteiger partial charge in [0, 0.05) is 5.39 Å². The fraction of sp³-hybridized carbons (Fsp3) is 0.143. The molecule has 170 valence electrons. The van der Waals surface area contributed by atoms with Crippen molar-refractivity contribution in [2.45, 2.75) is 12.8 Å². The van der Waals surface area contributed by atoms with Gasteiger partial charge in [0.05, 0.1) is 21.8 Å². The molecule has 0 spiro atoms. The van der Waals surface area contributed by atoms with Crippen molar-refractivity contribution in [3.63, 3.8) is 0 Å². The van der Waals surface area contributed by atoms with E-state index in [-0.39, 0.29) is 24.9 Å². The van der Waals surface area contributed by atoms with Gasteiger partial charge in [-0.05, 0) is 65.9 Å². The maximum Gasteiger partial charge on any atom is 0.339 e. The van der Waals surface area contributed by atoms with Crippen LogP contribution >= 0.6 is 11.6 Å². The van der Waals surface area contributed by atoms with Crippen LogP contribution in [-0.2, 0) is 11.2 Å². The molecule has 34 heavy (non-hydrogen) atoms. The first-order chi connectivity index (χ1) is 16.6. The molecular weight excluding hydrogens is 450 g/mol. The molecule has 4 aromatic rings. The summed E-state index contributed by atoms with van der Waals surface area (Å²) in [6, 6.07) is 21.8. The maximum absolute atomic E-state index is 13.2. The Hall–Kier alpha value is -3.83. The number of fused-ring (bicyclic) bond motifs is 2. The number of hydrogen-bond acceptors (Lipinski definition) is 5. The highest BCUT2D eigenvalue weighted by Crippen LogP contribution is 2.38. The third-order valence-corrected chi connectivity index (χ3v) is 6.10. The van der Waals surface area contributed by atoms with E-state index in [4.69, 9.17) is 26.1 Å². The van der Waals surface area contributed by atoms with Gasteiger partial charge in [0.2, 0.25) is 0 Å². The van der Waals surface area contributed by atoms with E-state index in [1.54, 1.807) is 24.3 Å². The van der Waals surface area contributed by atoms with Crippen LogP contribution in [0.25, 0.3) is 22.6 Å². The van der Waals surface area contributed by atoms with Crippen molar-refractivity contribution in [3.8, 4) is 11.5 Å². The monoisotopic (exact) mass is 471 g/mol. The fourth-order valence-corrected chi connectivity index (χ4v) is 4.39. The van der Waals surface area contributed by atoms with E-state index in [9.17, 15) is 9.90 Å². The van der Waals surface area contributed by atoms with Crippen molar-refractivity contribution >= 4 is 40.1 Å². The molecule has 3 aromatic carbocycles. The quantitative estimate of drug-likeness (QED) is 0.263. The normalized spacial score (nSPS) is 13.7. The summed E-state index contributed by atoms with van der Waals surface area (Å²) in [6.07, 6.45) is 3.53. The van der Waals surface area contributed by atoms with Gasteiger partial charge in [-0.25, -0.2) is 9.78 Å². The van der Waals surface area contributed by atoms with Gasteiger partial charge in [-0.15, -0.1) is 0 Å². The van der Waals surface area contributed by atoms with Crippen LogP contribution in [0.15, 0.2) is 72.8 Å². The molecule has 1 aliphatic carbocycles. The molecule has 0 amide bonds. The lowest BCUT2D eigenvalue weighted by Crippen LogP contribution is -2.15. The van der Waals surface area contributed by atoms with Crippen LogP contribution in [-0.4, -0.2) is 29.3 Å². The number of allylic oxidation sites excluding steroid dienone is 1. The van der Waals surface area contributed by atoms with Gasteiger partial charge in [-0.3, -0.25) is 0 Å². The van der Waals surface area contributed by atoms with Crippen LogP contribution in [0.3, 0.4) is 0 Å². The van der Waals surface area contributed by atoms with E-state index in [0.29, 0.717) is 22.8 Å². The van der Waals surface area contributed by atoms with Gasteiger partial charge in [-0.2, -0.15) is 0 Å².